The van der Waals surface area contributed by atoms with Gasteiger partial charge in [0.05, 0.1) is 5.56 Å². The van der Waals surface area contributed by atoms with Crippen molar-refractivity contribution < 1.29 is 9.21 Å². The Balaban J connectivity index is 1.77. The number of carbonyl (C=O) groups is 1. The van der Waals surface area contributed by atoms with Crippen LogP contribution >= 0.6 is 11.6 Å². The van der Waals surface area contributed by atoms with Gasteiger partial charge in [-0.3, -0.25) is 4.79 Å². The average Bonchev–Trinajstić information content (AvgIpc) is 3.13. The summed E-state index contributed by atoms with van der Waals surface area (Å²) in [5.74, 6) is 0.919. The lowest BCUT2D eigenvalue weighted by Gasteiger charge is -2.06. The summed E-state index contributed by atoms with van der Waals surface area (Å²) in [6.07, 6.45) is 0. The normalized spacial score (nSPS) is 10.6. The number of hydrogen-bond acceptors (Lipinski definition) is 3. The largest absolute Gasteiger partial charge is 0.440 e. The second kappa shape index (κ2) is 7.52. The highest BCUT2D eigenvalue weighted by Crippen LogP contribution is 2.32. The van der Waals surface area contributed by atoms with Crippen molar-refractivity contribution in [3.05, 3.63) is 107 Å². The first-order chi connectivity index (χ1) is 13.2. The Morgan fingerprint density at radius 2 is 1.44 bits per heavy atom. The maximum Gasteiger partial charge on any atom is 0.209 e. The molecular formula is C23H16ClNO2. The van der Waals surface area contributed by atoms with Gasteiger partial charge in [-0.25, -0.2) is 0 Å². The monoisotopic (exact) mass is 373 g/mol. The van der Waals surface area contributed by atoms with E-state index >= 15 is 0 Å². The fourth-order valence-corrected chi connectivity index (χ4v) is 2.93. The van der Waals surface area contributed by atoms with Crippen LogP contribution in [0.15, 0.2) is 95.4 Å². The van der Waals surface area contributed by atoms with Crippen molar-refractivity contribution in [2.75, 3.05) is 5.32 Å². The third kappa shape index (κ3) is 3.78. The van der Waals surface area contributed by atoms with Gasteiger partial charge in [0.25, 0.3) is 0 Å². The van der Waals surface area contributed by atoms with Crippen molar-refractivity contribution in [3.63, 3.8) is 0 Å². The van der Waals surface area contributed by atoms with Gasteiger partial charge in [-0.15, -0.1) is 0 Å². The van der Waals surface area contributed by atoms with Crippen LogP contribution < -0.4 is 5.32 Å². The summed E-state index contributed by atoms with van der Waals surface area (Å²) in [7, 11) is 0. The Hall–Kier alpha value is -3.30. The van der Waals surface area contributed by atoms with Gasteiger partial charge in [-0.1, -0.05) is 60.1 Å². The highest BCUT2D eigenvalue weighted by Gasteiger charge is 2.20. The van der Waals surface area contributed by atoms with Crippen molar-refractivity contribution >= 4 is 29.0 Å². The molecule has 0 atom stereocenters. The molecule has 0 unspecified atom stereocenters. The highest BCUT2D eigenvalue weighted by atomic mass is 35.5. The topological polar surface area (TPSA) is 42.2 Å². The number of ketones is 1. The van der Waals surface area contributed by atoms with Crippen molar-refractivity contribution in [1.82, 2.24) is 0 Å². The number of furan rings is 1. The number of rotatable bonds is 5. The molecule has 4 rings (SSSR count). The number of benzene rings is 3. The van der Waals surface area contributed by atoms with Crippen molar-refractivity contribution in [2.45, 2.75) is 0 Å². The fourth-order valence-electron chi connectivity index (χ4n) is 2.81. The van der Waals surface area contributed by atoms with Gasteiger partial charge in [0, 0.05) is 21.8 Å². The molecule has 4 heteroatoms. The first kappa shape index (κ1) is 17.1. The van der Waals surface area contributed by atoms with E-state index in [0.717, 1.165) is 11.3 Å². The van der Waals surface area contributed by atoms with E-state index in [1.807, 2.05) is 60.7 Å². The Kier molecular flexibility index (Phi) is 4.77. The molecule has 0 aliphatic heterocycles. The predicted octanol–water partition coefficient (Wildman–Crippen LogP) is 6.57. The highest BCUT2D eigenvalue weighted by molar-refractivity contribution is 6.30. The summed E-state index contributed by atoms with van der Waals surface area (Å²) in [6.45, 7) is 0. The van der Waals surface area contributed by atoms with Crippen LogP contribution in [0.5, 0.6) is 0 Å². The summed E-state index contributed by atoms with van der Waals surface area (Å²) < 4.78 is 6.01. The molecule has 1 aromatic heterocycles. The molecule has 0 spiro atoms. The van der Waals surface area contributed by atoms with E-state index < -0.39 is 0 Å². The van der Waals surface area contributed by atoms with E-state index in [9.17, 15) is 4.79 Å². The van der Waals surface area contributed by atoms with Crippen LogP contribution in [0, 0.1) is 0 Å². The zero-order chi connectivity index (χ0) is 18.6. The minimum Gasteiger partial charge on any atom is -0.440 e. The zero-order valence-corrected chi connectivity index (χ0v) is 15.1. The molecule has 3 nitrogen and oxygen atoms in total. The van der Waals surface area contributed by atoms with E-state index in [0.29, 0.717) is 27.8 Å². The second-order valence-corrected chi connectivity index (χ2v) is 6.48. The van der Waals surface area contributed by atoms with Crippen molar-refractivity contribution in [2.24, 2.45) is 0 Å². The maximum atomic E-state index is 13.1. The molecular weight excluding hydrogens is 358 g/mol. The van der Waals surface area contributed by atoms with Crippen molar-refractivity contribution in [1.29, 1.82) is 0 Å². The van der Waals surface area contributed by atoms with Gasteiger partial charge in [-0.05, 0) is 42.5 Å². The molecule has 3 aromatic carbocycles. The molecule has 0 saturated heterocycles. The van der Waals surface area contributed by atoms with Crippen LogP contribution in [0.25, 0.3) is 11.3 Å². The van der Waals surface area contributed by atoms with Crippen LogP contribution in [-0.4, -0.2) is 5.78 Å². The first-order valence-corrected chi connectivity index (χ1v) is 8.90. The fraction of sp³-hybridized carbons (Fsp3) is 0. The number of halogens is 1. The molecule has 1 heterocycles. The van der Waals surface area contributed by atoms with Crippen molar-refractivity contribution in [3.8, 4) is 11.3 Å². The van der Waals surface area contributed by atoms with E-state index in [1.54, 1.807) is 30.3 Å². The van der Waals surface area contributed by atoms with Crippen LogP contribution in [0.3, 0.4) is 0 Å². The molecule has 4 aromatic rings. The summed E-state index contributed by atoms with van der Waals surface area (Å²) in [5, 5.41) is 3.80. The Morgan fingerprint density at radius 1 is 0.815 bits per heavy atom. The summed E-state index contributed by atoms with van der Waals surface area (Å²) in [4.78, 5) is 13.1. The lowest BCUT2D eigenvalue weighted by molar-refractivity contribution is 0.103. The standard InChI is InChI=1S/C23H16ClNO2/c24-18-13-11-17(12-14-18)22(26)20-15-21(16-7-3-1-4-8-16)27-23(20)25-19-9-5-2-6-10-19/h1-15,25H. The average molecular weight is 374 g/mol. The number of carbonyl (C=O) groups excluding carboxylic acids is 1. The third-order valence-electron chi connectivity index (χ3n) is 4.17. The molecule has 0 aliphatic rings. The van der Waals surface area contributed by atoms with E-state index in [2.05, 4.69) is 5.32 Å². The van der Waals surface area contributed by atoms with E-state index in [4.69, 9.17) is 16.0 Å². The molecule has 0 bridgehead atoms. The quantitative estimate of drug-likeness (QED) is 0.402. The number of para-hydroxylation sites is 1. The number of anilines is 2. The van der Waals surface area contributed by atoms with Gasteiger partial charge in [-0.2, -0.15) is 0 Å². The molecule has 0 amide bonds. The Labute approximate surface area is 162 Å². The molecule has 0 fully saturated rings. The van der Waals surface area contributed by atoms with Gasteiger partial charge < -0.3 is 9.73 Å². The van der Waals surface area contributed by atoms with Gasteiger partial charge in [0.1, 0.15) is 5.76 Å². The number of hydrogen-bond donors (Lipinski definition) is 1. The molecule has 1 N–H and O–H groups in total. The smallest absolute Gasteiger partial charge is 0.209 e. The molecule has 132 valence electrons. The van der Waals surface area contributed by atoms with Crippen LogP contribution in [0.2, 0.25) is 5.02 Å². The summed E-state index contributed by atoms with van der Waals surface area (Å²) in [5.41, 5.74) is 2.77. The molecule has 0 aliphatic carbocycles. The summed E-state index contributed by atoms with van der Waals surface area (Å²) >= 11 is 5.94. The first-order valence-electron chi connectivity index (χ1n) is 8.52. The minimum atomic E-state index is -0.129. The van der Waals surface area contributed by atoms with Crippen LogP contribution in [0.4, 0.5) is 11.6 Å². The lowest BCUT2D eigenvalue weighted by atomic mass is 10.0. The Morgan fingerprint density at radius 3 is 2.11 bits per heavy atom. The lowest BCUT2D eigenvalue weighted by Crippen LogP contribution is -2.03. The van der Waals surface area contributed by atoms with Gasteiger partial charge >= 0.3 is 0 Å². The van der Waals surface area contributed by atoms with Gasteiger partial charge in [0.2, 0.25) is 5.88 Å². The van der Waals surface area contributed by atoms with Crippen LogP contribution in [-0.2, 0) is 0 Å². The van der Waals surface area contributed by atoms with E-state index in [1.165, 1.54) is 0 Å². The molecule has 0 saturated carbocycles. The molecule has 27 heavy (non-hydrogen) atoms. The predicted molar refractivity (Wildman–Crippen MR) is 109 cm³/mol. The Bertz CT molecular complexity index is 1050. The van der Waals surface area contributed by atoms with Crippen LogP contribution in [0.1, 0.15) is 15.9 Å². The van der Waals surface area contributed by atoms with Gasteiger partial charge in [0.15, 0.2) is 5.78 Å². The SMILES string of the molecule is O=C(c1ccc(Cl)cc1)c1cc(-c2ccccc2)oc1Nc1ccccc1. The summed E-state index contributed by atoms with van der Waals surface area (Å²) in [6, 6.07) is 27.9. The third-order valence-corrected chi connectivity index (χ3v) is 4.43. The van der Waals surface area contributed by atoms with E-state index in [-0.39, 0.29) is 5.78 Å². The zero-order valence-electron chi connectivity index (χ0n) is 14.4. The second-order valence-electron chi connectivity index (χ2n) is 6.05. The maximum absolute atomic E-state index is 13.1. The minimum absolute atomic E-state index is 0.129. The number of nitrogens with one attached hydrogen (secondary N) is 1. The molecule has 0 radical (unpaired) electrons.